The van der Waals surface area contributed by atoms with Crippen molar-refractivity contribution in [2.24, 2.45) is 0 Å². The number of nitrogens with zero attached hydrogens (tertiary/aromatic N) is 1. The van der Waals surface area contributed by atoms with Crippen LogP contribution in [0.4, 0.5) is 8.78 Å². The first-order valence-electron chi connectivity index (χ1n) is 5.41. The van der Waals surface area contributed by atoms with Crippen LogP contribution in [-0.2, 0) is 11.3 Å². The lowest BCUT2D eigenvalue weighted by Crippen LogP contribution is -2.30. The van der Waals surface area contributed by atoms with Gasteiger partial charge in [0.1, 0.15) is 0 Å². The smallest absolute Gasteiger partial charge is 0.317 e. The van der Waals surface area contributed by atoms with Crippen LogP contribution in [0.3, 0.4) is 0 Å². The molecule has 0 saturated heterocycles. The Morgan fingerprint density at radius 3 is 2.50 bits per heavy atom. The molecular weight excluding hydrogens is 264 g/mol. The summed E-state index contributed by atoms with van der Waals surface area (Å²) in [6.07, 6.45) is 0.803. The second kappa shape index (κ2) is 8.00. The maximum atomic E-state index is 13.0. The molecule has 1 rings (SSSR count). The summed E-state index contributed by atoms with van der Waals surface area (Å²) in [5.41, 5.74) is 0.568. The quantitative estimate of drug-likeness (QED) is 0.870. The molecule has 1 aromatic carbocycles. The summed E-state index contributed by atoms with van der Waals surface area (Å²) in [5, 5.41) is 8.71. The number of carboxylic acid groups (broad SMARTS) is 1. The van der Waals surface area contributed by atoms with Gasteiger partial charge in [0, 0.05) is 6.54 Å². The molecule has 0 amide bonds. The molecule has 0 heterocycles. The van der Waals surface area contributed by atoms with Gasteiger partial charge in [0.25, 0.3) is 0 Å². The van der Waals surface area contributed by atoms with E-state index in [4.69, 9.17) is 5.11 Å². The van der Waals surface area contributed by atoms with E-state index in [1.807, 2.05) is 6.92 Å². The van der Waals surface area contributed by atoms with Crippen molar-refractivity contribution < 1.29 is 18.7 Å². The molecule has 0 fully saturated rings. The molecule has 0 unspecified atom stereocenters. The molecule has 102 valence electrons. The molecule has 0 aliphatic carbocycles. The summed E-state index contributed by atoms with van der Waals surface area (Å²) in [4.78, 5) is 12.3. The average Bonchev–Trinajstić information content (AvgIpc) is 2.23. The van der Waals surface area contributed by atoms with Gasteiger partial charge in [-0.25, -0.2) is 8.78 Å². The summed E-state index contributed by atoms with van der Waals surface area (Å²) in [7, 11) is 0. The molecule has 0 radical (unpaired) electrons. The van der Waals surface area contributed by atoms with Crippen LogP contribution >= 0.6 is 12.4 Å². The summed E-state index contributed by atoms with van der Waals surface area (Å²) in [6.45, 7) is 2.73. The summed E-state index contributed by atoms with van der Waals surface area (Å²) in [6, 6.07) is 3.61. The highest BCUT2D eigenvalue weighted by Gasteiger charge is 2.10. The van der Waals surface area contributed by atoms with Crippen LogP contribution in [0.5, 0.6) is 0 Å². The molecule has 6 heteroatoms. The average molecular weight is 280 g/mol. The van der Waals surface area contributed by atoms with Crippen LogP contribution in [-0.4, -0.2) is 29.1 Å². The molecule has 0 aliphatic rings. The summed E-state index contributed by atoms with van der Waals surface area (Å²) in [5.74, 6) is -2.73. The normalized spacial score (nSPS) is 10.2. The molecule has 0 saturated carbocycles. The van der Waals surface area contributed by atoms with Gasteiger partial charge in [-0.3, -0.25) is 9.69 Å². The molecule has 0 aromatic heterocycles. The number of aliphatic carboxylic acids is 1. The van der Waals surface area contributed by atoms with Crippen LogP contribution in [0.25, 0.3) is 0 Å². The maximum absolute atomic E-state index is 13.0. The Balaban J connectivity index is 0.00000289. The summed E-state index contributed by atoms with van der Waals surface area (Å²) >= 11 is 0. The van der Waals surface area contributed by atoms with Crippen LogP contribution in [0.1, 0.15) is 18.9 Å². The molecular formula is C12H16ClF2NO2. The van der Waals surface area contributed by atoms with Crippen LogP contribution in [0.15, 0.2) is 18.2 Å². The van der Waals surface area contributed by atoms with Crippen molar-refractivity contribution in [1.82, 2.24) is 4.90 Å². The van der Waals surface area contributed by atoms with Crippen molar-refractivity contribution in [3.63, 3.8) is 0 Å². The highest BCUT2D eigenvalue weighted by atomic mass is 35.5. The lowest BCUT2D eigenvalue weighted by Gasteiger charge is -2.19. The molecule has 1 aromatic rings. The van der Waals surface area contributed by atoms with Gasteiger partial charge in [-0.2, -0.15) is 0 Å². The third-order valence-electron chi connectivity index (χ3n) is 2.29. The van der Waals surface area contributed by atoms with E-state index in [0.29, 0.717) is 18.7 Å². The van der Waals surface area contributed by atoms with E-state index in [1.165, 1.54) is 6.07 Å². The van der Waals surface area contributed by atoms with E-state index in [0.717, 1.165) is 18.6 Å². The number of hydrogen-bond acceptors (Lipinski definition) is 2. The van der Waals surface area contributed by atoms with E-state index in [1.54, 1.807) is 4.90 Å². The van der Waals surface area contributed by atoms with Gasteiger partial charge in [0.2, 0.25) is 0 Å². The van der Waals surface area contributed by atoms with Gasteiger partial charge in [0.15, 0.2) is 11.6 Å². The first-order chi connectivity index (χ1) is 8.02. The van der Waals surface area contributed by atoms with E-state index in [-0.39, 0.29) is 19.0 Å². The first-order valence-corrected chi connectivity index (χ1v) is 5.41. The van der Waals surface area contributed by atoms with Gasteiger partial charge in [-0.05, 0) is 30.7 Å². The number of carboxylic acids is 1. The zero-order valence-corrected chi connectivity index (χ0v) is 10.8. The van der Waals surface area contributed by atoms with E-state index < -0.39 is 17.6 Å². The zero-order valence-electron chi connectivity index (χ0n) is 10.0. The van der Waals surface area contributed by atoms with Crippen LogP contribution < -0.4 is 0 Å². The minimum Gasteiger partial charge on any atom is -0.480 e. The second-order valence-corrected chi connectivity index (χ2v) is 3.85. The van der Waals surface area contributed by atoms with Crippen LogP contribution in [0.2, 0.25) is 0 Å². The second-order valence-electron chi connectivity index (χ2n) is 3.85. The van der Waals surface area contributed by atoms with E-state index in [2.05, 4.69) is 0 Å². The maximum Gasteiger partial charge on any atom is 0.317 e. The van der Waals surface area contributed by atoms with Gasteiger partial charge < -0.3 is 5.11 Å². The van der Waals surface area contributed by atoms with Gasteiger partial charge in [-0.15, -0.1) is 12.4 Å². The van der Waals surface area contributed by atoms with Crippen molar-refractivity contribution in [1.29, 1.82) is 0 Å². The Bertz CT molecular complexity index is 402. The largest absolute Gasteiger partial charge is 0.480 e. The van der Waals surface area contributed by atoms with E-state index >= 15 is 0 Å². The van der Waals surface area contributed by atoms with Crippen LogP contribution in [0, 0.1) is 11.6 Å². The lowest BCUT2D eigenvalue weighted by molar-refractivity contribution is -0.138. The molecule has 0 spiro atoms. The van der Waals surface area contributed by atoms with Gasteiger partial charge in [0.05, 0.1) is 6.54 Å². The predicted molar refractivity (Wildman–Crippen MR) is 66.8 cm³/mol. The fourth-order valence-corrected chi connectivity index (χ4v) is 1.62. The van der Waals surface area contributed by atoms with Crippen molar-refractivity contribution in [3.8, 4) is 0 Å². The fourth-order valence-electron chi connectivity index (χ4n) is 1.62. The SMILES string of the molecule is CCCN(CC(=O)O)Cc1ccc(F)c(F)c1.Cl. The number of rotatable bonds is 6. The van der Waals surface area contributed by atoms with Crippen molar-refractivity contribution in [3.05, 3.63) is 35.4 Å². The predicted octanol–water partition coefficient (Wildman–Crippen LogP) is 2.68. The fraction of sp³-hybridized carbons (Fsp3) is 0.417. The minimum absolute atomic E-state index is 0. The monoisotopic (exact) mass is 279 g/mol. The third kappa shape index (κ3) is 5.42. The Labute approximate surface area is 111 Å². The Hall–Kier alpha value is -1.20. The van der Waals surface area contributed by atoms with Gasteiger partial charge in [-0.1, -0.05) is 13.0 Å². The Morgan fingerprint density at radius 1 is 1.33 bits per heavy atom. The molecule has 18 heavy (non-hydrogen) atoms. The first kappa shape index (κ1) is 16.8. The van der Waals surface area contributed by atoms with Gasteiger partial charge >= 0.3 is 5.97 Å². The number of benzene rings is 1. The Morgan fingerprint density at radius 2 is 2.00 bits per heavy atom. The molecule has 0 aliphatic heterocycles. The number of hydrogen-bond donors (Lipinski definition) is 1. The lowest BCUT2D eigenvalue weighted by atomic mass is 10.2. The highest BCUT2D eigenvalue weighted by molar-refractivity contribution is 5.85. The van der Waals surface area contributed by atoms with Crippen molar-refractivity contribution >= 4 is 18.4 Å². The highest BCUT2D eigenvalue weighted by Crippen LogP contribution is 2.11. The standard InChI is InChI=1S/C12H15F2NO2.ClH/c1-2-5-15(8-12(16)17)7-9-3-4-10(13)11(14)6-9;/h3-4,6H,2,5,7-8H2,1H3,(H,16,17);1H. The van der Waals surface area contributed by atoms with Crippen molar-refractivity contribution in [2.75, 3.05) is 13.1 Å². The third-order valence-corrected chi connectivity index (χ3v) is 2.29. The molecule has 1 N–H and O–H groups in total. The number of carbonyl (C=O) groups is 1. The number of halogens is 3. The minimum atomic E-state index is -0.930. The summed E-state index contributed by atoms with van der Waals surface area (Å²) < 4.78 is 25.7. The molecule has 0 bridgehead atoms. The van der Waals surface area contributed by atoms with Crippen molar-refractivity contribution in [2.45, 2.75) is 19.9 Å². The zero-order chi connectivity index (χ0) is 12.8. The Kier molecular flexibility index (Phi) is 7.47. The topological polar surface area (TPSA) is 40.5 Å². The molecule has 0 atom stereocenters. The molecule has 3 nitrogen and oxygen atoms in total. The van der Waals surface area contributed by atoms with E-state index in [9.17, 15) is 13.6 Å².